The van der Waals surface area contributed by atoms with Gasteiger partial charge in [-0.2, -0.15) is 10.1 Å². The van der Waals surface area contributed by atoms with E-state index in [9.17, 15) is 0 Å². The van der Waals surface area contributed by atoms with E-state index in [2.05, 4.69) is 60.9 Å². The number of rotatable bonds is 6. The molecule has 0 spiro atoms. The molecule has 0 atom stereocenters. The molecule has 5 aromatic rings. The summed E-state index contributed by atoms with van der Waals surface area (Å²) < 4.78 is 8.01. The highest BCUT2D eigenvalue weighted by molar-refractivity contribution is 5.98. The summed E-state index contributed by atoms with van der Waals surface area (Å²) in [4.78, 5) is 18.7. The van der Waals surface area contributed by atoms with Crippen LogP contribution in [0.15, 0.2) is 53.2 Å². The van der Waals surface area contributed by atoms with E-state index in [0.29, 0.717) is 23.9 Å². The molecule has 2 fully saturated rings. The number of hydrogen-bond donors (Lipinski definition) is 2. The van der Waals surface area contributed by atoms with Crippen LogP contribution >= 0.6 is 0 Å². The molecule has 10 heteroatoms. The van der Waals surface area contributed by atoms with E-state index < -0.39 is 0 Å². The molecule has 1 aliphatic carbocycles. The third-order valence-corrected chi connectivity index (χ3v) is 8.85. The predicted molar refractivity (Wildman–Crippen MR) is 162 cm³/mol. The average Bonchev–Trinajstić information content (AvgIpc) is 3.59. The minimum atomic E-state index is 0.303. The van der Waals surface area contributed by atoms with Gasteiger partial charge in [-0.05, 0) is 69.0 Å². The number of nitrogens with zero attached hydrogens (tertiary/aromatic N) is 7. The van der Waals surface area contributed by atoms with Crippen molar-refractivity contribution in [3.8, 4) is 11.3 Å². The van der Waals surface area contributed by atoms with Crippen LogP contribution < -0.4 is 11.1 Å². The van der Waals surface area contributed by atoms with E-state index >= 15 is 0 Å². The Kier molecular flexibility index (Phi) is 6.80. The van der Waals surface area contributed by atoms with E-state index in [1.54, 1.807) is 6.33 Å². The SMILES string of the molecule is CCc1ccc2oc(Nc3ccc(-c4nn(C5CCC(N6CCN(C)CC6)CC5)c5ncnc(N)c45)cc3)nc2c1. The standard InChI is InChI=1S/C31H37N9O/c1-3-20-4-13-26-25(18-20)36-31(41-26)35-22-7-5-21(6-8-22)28-27-29(32)33-19-34-30(27)40(37-28)24-11-9-23(10-12-24)39-16-14-38(2)15-17-39/h4-8,13,18-19,23-24H,3,9-12,14-17H2,1-2H3,(H,35,36)(H2,32,33,34). The third-order valence-electron chi connectivity index (χ3n) is 8.85. The molecule has 4 heterocycles. The van der Waals surface area contributed by atoms with Crippen molar-refractivity contribution in [1.82, 2.24) is 34.5 Å². The lowest BCUT2D eigenvalue weighted by molar-refractivity contribution is 0.0815. The summed E-state index contributed by atoms with van der Waals surface area (Å²) in [5.74, 6) is 0.461. The minimum Gasteiger partial charge on any atom is -0.423 e. The number of nitrogens with one attached hydrogen (secondary N) is 1. The Bertz CT molecular complexity index is 1660. The fourth-order valence-corrected chi connectivity index (χ4v) is 6.39. The van der Waals surface area contributed by atoms with Gasteiger partial charge in [-0.3, -0.25) is 4.90 Å². The smallest absolute Gasteiger partial charge is 0.300 e. The number of nitrogen functional groups attached to an aromatic ring is 1. The first-order valence-corrected chi connectivity index (χ1v) is 14.7. The van der Waals surface area contributed by atoms with Gasteiger partial charge in [0.05, 0.1) is 11.4 Å². The van der Waals surface area contributed by atoms with Crippen molar-refractivity contribution < 1.29 is 4.42 Å². The molecule has 3 aromatic heterocycles. The topological polar surface area (TPSA) is 114 Å². The van der Waals surface area contributed by atoms with Gasteiger partial charge in [0.15, 0.2) is 11.2 Å². The van der Waals surface area contributed by atoms with Crippen molar-refractivity contribution in [2.24, 2.45) is 0 Å². The zero-order valence-corrected chi connectivity index (χ0v) is 23.8. The van der Waals surface area contributed by atoms with Crippen LogP contribution in [0.1, 0.15) is 44.2 Å². The average molecular weight is 552 g/mol. The van der Waals surface area contributed by atoms with Gasteiger partial charge in [-0.1, -0.05) is 25.1 Å². The molecule has 212 valence electrons. The Morgan fingerprint density at radius 1 is 0.951 bits per heavy atom. The second kappa shape index (κ2) is 10.8. The molecule has 1 saturated heterocycles. The van der Waals surface area contributed by atoms with Gasteiger partial charge < -0.3 is 20.4 Å². The maximum absolute atomic E-state index is 6.41. The number of benzene rings is 2. The number of aryl methyl sites for hydroxylation is 1. The molecule has 0 bridgehead atoms. The molecule has 0 unspecified atom stereocenters. The Hall–Kier alpha value is -4.02. The van der Waals surface area contributed by atoms with Crippen molar-refractivity contribution in [2.75, 3.05) is 44.3 Å². The number of likely N-dealkylation sites (N-methyl/N-ethyl adjacent to an activating group) is 1. The summed E-state index contributed by atoms with van der Waals surface area (Å²) in [5, 5.41) is 9.22. The third kappa shape index (κ3) is 5.02. The molecule has 1 saturated carbocycles. The van der Waals surface area contributed by atoms with E-state index in [0.717, 1.165) is 71.4 Å². The zero-order valence-electron chi connectivity index (χ0n) is 23.8. The van der Waals surface area contributed by atoms with Gasteiger partial charge in [0.25, 0.3) is 6.01 Å². The maximum Gasteiger partial charge on any atom is 0.300 e. The lowest BCUT2D eigenvalue weighted by Crippen LogP contribution is -2.49. The second-order valence-electron chi connectivity index (χ2n) is 11.4. The van der Waals surface area contributed by atoms with Gasteiger partial charge in [0.1, 0.15) is 23.4 Å². The zero-order chi connectivity index (χ0) is 27.9. The molecule has 7 rings (SSSR count). The summed E-state index contributed by atoms with van der Waals surface area (Å²) >= 11 is 0. The molecule has 10 nitrogen and oxygen atoms in total. The number of fused-ring (bicyclic) bond motifs is 2. The Morgan fingerprint density at radius 3 is 2.46 bits per heavy atom. The second-order valence-corrected chi connectivity index (χ2v) is 11.4. The summed E-state index contributed by atoms with van der Waals surface area (Å²) in [6.45, 7) is 6.79. The molecule has 0 radical (unpaired) electrons. The van der Waals surface area contributed by atoms with Gasteiger partial charge in [0, 0.05) is 43.5 Å². The van der Waals surface area contributed by atoms with Crippen molar-refractivity contribution in [3.63, 3.8) is 0 Å². The molecule has 3 N–H and O–H groups in total. The molecule has 1 aliphatic heterocycles. The molecule has 2 aliphatic rings. The van der Waals surface area contributed by atoms with Crippen molar-refractivity contribution in [2.45, 2.75) is 51.1 Å². The van der Waals surface area contributed by atoms with Crippen LogP contribution in [-0.2, 0) is 6.42 Å². The molecule has 2 aromatic carbocycles. The number of nitrogens with two attached hydrogens (primary N) is 1. The number of anilines is 3. The van der Waals surface area contributed by atoms with Gasteiger partial charge in [-0.25, -0.2) is 14.6 Å². The van der Waals surface area contributed by atoms with E-state index in [1.807, 2.05) is 30.3 Å². The molecular weight excluding hydrogens is 514 g/mol. The first-order chi connectivity index (χ1) is 20.1. The van der Waals surface area contributed by atoms with Crippen LogP contribution in [-0.4, -0.2) is 73.8 Å². The highest BCUT2D eigenvalue weighted by Gasteiger charge is 2.30. The van der Waals surface area contributed by atoms with Crippen LogP contribution in [0, 0.1) is 0 Å². The number of oxazole rings is 1. The van der Waals surface area contributed by atoms with Crippen LogP contribution in [0.2, 0.25) is 0 Å². The number of aromatic nitrogens is 5. The predicted octanol–water partition coefficient (Wildman–Crippen LogP) is 5.25. The first kappa shape index (κ1) is 25.9. The fraction of sp³-hybridized carbons (Fsp3) is 0.419. The van der Waals surface area contributed by atoms with Crippen LogP contribution in [0.4, 0.5) is 17.5 Å². The Morgan fingerprint density at radius 2 is 1.71 bits per heavy atom. The molecular formula is C31H37N9O. The summed E-state index contributed by atoms with van der Waals surface area (Å²) in [6, 6.07) is 15.7. The van der Waals surface area contributed by atoms with E-state index in [1.165, 1.54) is 31.5 Å². The minimum absolute atomic E-state index is 0.303. The Labute approximate surface area is 239 Å². The summed E-state index contributed by atoms with van der Waals surface area (Å²) in [5.41, 5.74) is 12.8. The van der Waals surface area contributed by atoms with Crippen LogP contribution in [0.5, 0.6) is 0 Å². The van der Waals surface area contributed by atoms with Gasteiger partial charge in [-0.15, -0.1) is 0 Å². The summed E-state index contributed by atoms with van der Waals surface area (Å²) in [6.07, 6.45) is 7.05. The lowest BCUT2D eigenvalue weighted by atomic mass is 9.90. The maximum atomic E-state index is 6.41. The molecule has 41 heavy (non-hydrogen) atoms. The number of hydrogen-bond acceptors (Lipinski definition) is 9. The summed E-state index contributed by atoms with van der Waals surface area (Å²) in [7, 11) is 2.21. The van der Waals surface area contributed by atoms with E-state index in [-0.39, 0.29) is 0 Å². The highest BCUT2D eigenvalue weighted by Crippen LogP contribution is 2.37. The lowest BCUT2D eigenvalue weighted by Gasteiger charge is -2.41. The number of piperazine rings is 1. The fourth-order valence-electron chi connectivity index (χ4n) is 6.39. The van der Waals surface area contributed by atoms with Crippen molar-refractivity contribution >= 4 is 39.7 Å². The van der Waals surface area contributed by atoms with Gasteiger partial charge in [0.2, 0.25) is 0 Å². The van der Waals surface area contributed by atoms with Crippen molar-refractivity contribution in [3.05, 3.63) is 54.4 Å². The largest absolute Gasteiger partial charge is 0.423 e. The normalized spacial score (nSPS) is 20.6. The molecule has 0 amide bonds. The highest BCUT2D eigenvalue weighted by atomic mass is 16.4. The monoisotopic (exact) mass is 551 g/mol. The first-order valence-electron chi connectivity index (χ1n) is 14.7. The van der Waals surface area contributed by atoms with Crippen LogP contribution in [0.25, 0.3) is 33.4 Å². The van der Waals surface area contributed by atoms with E-state index in [4.69, 9.17) is 15.2 Å². The van der Waals surface area contributed by atoms with Crippen LogP contribution in [0.3, 0.4) is 0 Å². The Balaban J connectivity index is 1.11. The van der Waals surface area contributed by atoms with Crippen molar-refractivity contribution in [1.29, 1.82) is 0 Å². The van der Waals surface area contributed by atoms with Gasteiger partial charge >= 0.3 is 0 Å². The quantitative estimate of drug-likeness (QED) is 0.292.